The lowest BCUT2D eigenvalue weighted by Crippen LogP contribution is -2.10. The van der Waals surface area contributed by atoms with Gasteiger partial charge in [0, 0.05) is 37.9 Å². The summed E-state index contributed by atoms with van der Waals surface area (Å²) in [5.41, 5.74) is 8.94. The van der Waals surface area contributed by atoms with Gasteiger partial charge in [0.25, 0.3) is 0 Å². The van der Waals surface area contributed by atoms with Gasteiger partial charge in [-0.05, 0) is 59.7 Å². The normalized spacial score (nSPS) is 11.9. The SMILES string of the molecule is c1ccc(-c2ccc3c(c2)c2ccccc2n3-c2nc(-c3ccc4c(c3)oc3ccccc34)nc(-n3c4ccccc4c4ccccc43)n2)cc1. The summed E-state index contributed by atoms with van der Waals surface area (Å²) >= 11 is 0. The quantitative estimate of drug-likeness (QED) is 0.190. The molecule has 7 aromatic carbocycles. The van der Waals surface area contributed by atoms with Gasteiger partial charge < -0.3 is 4.42 Å². The van der Waals surface area contributed by atoms with Gasteiger partial charge in [0.05, 0.1) is 22.1 Å². The first-order valence-electron chi connectivity index (χ1n) is 17.0. The first-order chi connectivity index (χ1) is 25.3. The van der Waals surface area contributed by atoms with Crippen LogP contribution in [0, 0.1) is 0 Å². The number of hydrogen-bond acceptors (Lipinski definition) is 4. The van der Waals surface area contributed by atoms with Crippen molar-refractivity contribution in [2.45, 2.75) is 0 Å². The molecule has 0 unspecified atom stereocenters. The van der Waals surface area contributed by atoms with Crippen molar-refractivity contribution in [2.24, 2.45) is 0 Å². The van der Waals surface area contributed by atoms with E-state index in [0.29, 0.717) is 17.7 Å². The van der Waals surface area contributed by atoms with Gasteiger partial charge in [-0.1, -0.05) is 115 Å². The lowest BCUT2D eigenvalue weighted by molar-refractivity contribution is 0.669. The third kappa shape index (κ3) is 4.20. The molecule has 0 N–H and O–H groups in total. The van der Waals surface area contributed by atoms with Crippen LogP contribution in [0.4, 0.5) is 0 Å². The van der Waals surface area contributed by atoms with Crippen molar-refractivity contribution in [3.8, 4) is 34.4 Å². The molecule has 0 saturated heterocycles. The fourth-order valence-corrected chi connectivity index (χ4v) is 7.68. The molecule has 0 atom stereocenters. The van der Waals surface area contributed by atoms with Gasteiger partial charge in [-0.3, -0.25) is 9.13 Å². The Labute approximate surface area is 291 Å². The second-order valence-corrected chi connectivity index (χ2v) is 12.9. The van der Waals surface area contributed by atoms with Gasteiger partial charge in [-0.2, -0.15) is 15.0 Å². The Morgan fingerprint density at radius 1 is 0.333 bits per heavy atom. The van der Waals surface area contributed by atoms with Gasteiger partial charge in [0.2, 0.25) is 11.9 Å². The number of aromatic nitrogens is 5. The molecule has 0 bridgehead atoms. The lowest BCUT2D eigenvalue weighted by atomic mass is 10.0. The molecule has 0 spiro atoms. The molecule has 4 heterocycles. The Morgan fingerprint density at radius 3 is 1.51 bits per heavy atom. The minimum atomic E-state index is 0.542. The Balaban J connectivity index is 1.21. The summed E-state index contributed by atoms with van der Waals surface area (Å²) < 4.78 is 10.6. The highest BCUT2D eigenvalue weighted by molar-refractivity contribution is 6.11. The van der Waals surface area contributed by atoms with Gasteiger partial charge >= 0.3 is 0 Å². The van der Waals surface area contributed by atoms with E-state index in [-0.39, 0.29) is 0 Å². The van der Waals surface area contributed by atoms with E-state index < -0.39 is 0 Å². The molecular weight excluding hydrogens is 627 g/mol. The third-order valence-corrected chi connectivity index (χ3v) is 10.0. The van der Waals surface area contributed by atoms with E-state index in [9.17, 15) is 0 Å². The molecule has 11 rings (SSSR count). The van der Waals surface area contributed by atoms with Crippen molar-refractivity contribution in [1.29, 1.82) is 0 Å². The maximum atomic E-state index is 6.32. The van der Waals surface area contributed by atoms with E-state index in [4.69, 9.17) is 19.4 Å². The molecule has 0 amide bonds. The molecule has 0 radical (unpaired) electrons. The highest BCUT2D eigenvalue weighted by atomic mass is 16.3. The van der Waals surface area contributed by atoms with Gasteiger partial charge in [0.1, 0.15) is 11.2 Å². The van der Waals surface area contributed by atoms with Crippen LogP contribution < -0.4 is 0 Å². The van der Waals surface area contributed by atoms with E-state index in [0.717, 1.165) is 76.7 Å². The molecule has 0 aliphatic heterocycles. The van der Waals surface area contributed by atoms with E-state index in [1.54, 1.807) is 0 Å². The fraction of sp³-hybridized carbons (Fsp3) is 0. The molecule has 4 aromatic heterocycles. The molecule has 6 nitrogen and oxygen atoms in total. The van der Waals surface area contributed by atoms with Crippen LogP contribution in [0.25, 0.3) is 100.0 Å². The van der Waals surface area contributed by atoms with Crippen molar-refractivity contribution in [1.82, 2.24) is 24.1 Å². The van der Waals surface area contributed by atoms with Crippen molar-refractivity contribution >= 4 is 65.6 Å². The first-order valence-corrected chi connectivity index (χ1v) is 17.0. The minimum Gasteiger partial charge on any atom is -0.456 e. The van der Waals surface area contributed by atoms with Crippen LogP contribution in [0.15, 0.2) is 168 Å². The van der Waals surface area contributed by atoms with Crippen LogP contribution in [0.5, 0.6) is 0 Å². The zero-order valence-electron chi connectivity index (χ0n) is 27.2. The van der Waals surface area contributed by atoms with Crippen molar-refractivity contribution in [2.75, 3.05) is 0 Å². The zero-order valence-corrected chi connectivity index (χ0v) is 27.2. The molecule has 0 saturated carbocycles. The molecule has 6 heteroatoms. The van der Waals surface area contributed by atoms with Crippen molar-refractivity contribution < 1.29 is 4.42 Å². The maximum Gasteiger partial charge on any atom is 0.240 e. The summed E-state index contributed by atoms with van der Waals surface area (Å²) in [6.07, 6.45) is 0. The van der Waals surface area contributed by atoms with E-state index in [1.165, 1.54) is 5.56 Å². The molecule has 0 aliphatic rings. The summed E-state index contributed by atoms with van der Waals surface area (Å²) in [6, 6.07) is 56.8. The summed E-state index contributed by atoms with van der Waals surface area (Å²) in [5, 5.41) is 6.70. The number of furan rings is 1. The van der Waals surface area contributed by atoms with Crippen LogP contribution in [0.1, 0.15) is 0 Å². The minimum absolute atomic E-state index is 0.542. The lowest BCUT2D eigenvalue weighted by Gasteiger charge is -2.12. The topological polar surface area (TPSA) is 61.7 Å². The number of fused-ring (bicyclic) bond motifs is 9. The first kappa shape index (κ1) is 27.9. The number of nitrogens with zero attached hydrogens (tertiary/aromatic N) is 5. The average molecular weight is 654 g/mol. The van der Waals surface area contributed by atoms with Crippen molar-refractivity contribution in [3.05, 3.63) is 164 Å². The number of hydrogen-bond donors (Lipinski definition) is 0. The van der Waals surface area contributed by atoms with E-state index in [2.05, 4.69) is 143 Å². The van der Waals surface area contributed by atoms with Gasteiger partial charge in [-0.25, -0.2) is 0 Å². The Hall–Kier alpha value is -7.05. The smallest absolute Gasteiger partial charge is 0.240 e. The second kappa shape index (κ2) is 10.7. The molecule has 51 heavy (non-hydrogen) atoms. The predicted molar refractivity (Wildman–Crippen MR) is 207 cm³/mol. The summed E-state index contributed by atoms with van der Waals surface area (Å²) in [5.74, 6) is 1.65. The largest absolute Gasteiger partial charge is 0.456 e. The van der Waals surface area contributed by atoms with Crippen LogP contribution >= 0.6 is 0 Å². The molecule has 0 aliphatic carbocycles. The number of rotatable bonds is 4. The van der Waals surface area contributed by atoms with Crippen LogP contribution in [-0.4, -0.2) is 24.1 Å². The number of benzene rings is 7. The van der Waals surface area contributed by atoms with Crippen molar-refractivity contribution in [3.63, 3.8) is 0 Å². The molecular formula is C45H27N5O. The monoisotopic (exact) mass is 653 g/mol. The van der Waals surface area contributed by atoms with Gasteiger partial charge in [0.15, 0.2) is 5.82 Å². The highest BCUT2D eigenvalue weighted by Crippen LogP contribution is 2.37. The maximum absolute atomic E-state index is 6.32. The zero-order chi connectivity index (χ0) is 33.5. The molecule has 0 fully saturated rings. The van der Waals surface area contributed by atoms with Crippen LogP contribution in [-0.2, 0) is 0 Å². The average Bonchev–Trinajstić information content (AvgIpc) is 3.85. The third-order valence-electron chi connectivity index (χ3n) is 10.0. The second-order valence-electron chi connectivity index (χ2n) is 12.9. The number of para-hydroxylation sites is 4. The Kier molecular flexibility index (Phi) is 5.86. The van der Waals surface area contributed by atoms with E-state index >= 15 is 0 Å². The van der Waals surface area contributed by atoms with E-state index in [1.807, 2.05) is 30.3 Å². The molecule has 11 aromatic rings. The predicted octanol–water partition coefficient (Wildman–Crippen LogP) is 11.3. The summed E-state index contributed by atoms with van der Waals surface area (Å²) in [4.78, 5) is 15.8. The van der Waals surface area contributed by atoms with Gasteiger partial charge in [-0.15, -0.1) is 0 Å². The Morgan fingerprint density at radius 2 is 0.843 bits per heavy atom. The highest BCUT2D eigenvalue weighted by Gasteiger charge is 2.21. The van der Waals surface area contributed by atoms with Crippen LogP contribution in [0.3, 0.4) is 0 Å². The fourth-order valence-electron chi connectivity index (χ4n) is 7.68. The van der Waals surface area contributed by atoms with Crippen LogP contribution in [0.2, 0.25) is 0 Å². The summed E-state index contributed by atoms with van der Waals surface area (Å²) in [7, 11) is 0. The molecule has 238 valence electrons. The summed E-state index contributed by atoms with van der Waals surface area (Å²) in [6.45, 7) is 0. The standard InChI is InChI=1S/C45H27N5O/c1-2-12-28(13-3-1)29-23-25-40-36(26-29)33-16-6-10-20-39(33)50(40)45-47-43(30-22-24-35-34-17-7-11-21-41(34)51-42(35)27-30)46-44(48-45)49-37-18-8-4-14-31(37)32-15-5-9-19-38(32)49/h1-27H. The Bertz CT molecular complexity index is 3100.